The summed E-state index contributed by atoms with van der Waals surface area (Å²) in [6.07, 6.45) is 0. The highest BCUT2D eigenvalue weighted by Crippen LogP contribution is 2.25. The summed E-state index contributed by atoms with van der Waals surface area (Å²) < 4.78 is 5.13. The molecule has 1 atom stereocenters. The van der Waals surface area contributed by atoms with Gasteiger partial charge >= 0.3 is 0 Å². The number of benzene rings is 2. The first-order chi connectivity index (χ1) is 12.9. The minimum Gasteiger partial charge on any atom is -0.497 e. The van der Waals surface area contributed by atoms with E-state index in [4.69, 9.17) is 28.6 Å². The molecule has 0 aliphatic rings. The Morgan fingerprint density at radius 1 is 1.07 bits per heavy atom. The van der Waals surface area contributed by atoms with Crippen molar-refractivity contribution in [2.75, 3.05) is 7.11 Å². The Morgan fingerprint density at radius 3 is 2.26 bits per heavy atom. The van der Waals surface area contributed by atoms with E-state index in [9.17, 15) is 4.79 Å². The summed E-state index contributed by atoms with van der Waals surface area (Å²) in [5.74, 6) is 0.461. The first-order valence-electron chi connectivity index (χ1n) is 8.62. The lowest BCUT2D eigenvalue weighted by molar-refractivity contribution is -0.124. The van der Waals surface area contributed by atoms with Crippen LogP contribution < -0.4 is 20.9 Å². The average Bonchev–Trinajstić information content (AvgIpc) is 2.66. The fourth-order valence-corrected chi connectivity index (χ4v) is 2.92. The number of ether oxygens (including phenoxy) is 1. The zero-order chi connectivity index (χ0) is 19.8. The molecule has 144 valence electrons. The van der Waals surface area contributed by atoms with Gasteiger partial charge in [-0.05, 0) is 53.5 Å². The van der Waals surface area contributed by atoms with Gasteiger partial charge in [0.05, 0.1) is 13.0 Å². The molecule has 5 nitrogen and oxygen atoms in total. The number of hydrazine groups is 1. The quantitative estimate of drug-likeness (QED) is 0.504. The van der Waals surface area contributed by atoms with E-state index in [1.54, 1.807) is 19.2 Å². The molecule has 2 aromatic carbocycles. The van der Waals surface area contributed by atoms with Crippen molar-refractivity contribution in [3.05, 3.63) is 64.7 Å². The molecular formula is C20H24ClN3O2S. The molecule has 0 unspecified atom stereocenters. The Bertz CT molecular complexity index is 764. The van der Waals surface area contributed by atoms with Gasteiger partial charge in [0, 0.05) is 11.6 Å². The fraction of sp³-hybridized carbons (Fsp3) is 0.300. The van der Waals surface area contributed by atoms with Crippen molar-refractivity contribution in [3.63, 3.8) is 0 Å². The number of carbonyl (C=O) groups excluding carboxylic acids is 1. The number of carbonyl (C=O) groups is 1. The van der Waals surface area contributed by atoms with Gasteiger partial charge in [-0.2, -0.15) is 0 Å². The second kappa shape index (κ2) is 10.1. The molecule has 0 saturated carbocycles. The zero-order valence-corrected chi connectivity index (χ0v) is 17.2. The maximum Gasteiger partial charge on any atom is 0.246 e. The van der Waals surface area contributed by atoms with Gasteiger partial charge in [0.15, 0.2) is 5.11 Å². The summed E-state index contributed by atoms with van der Waals surface area (Å²) in [6.45, 7) is 4.54. The Hall–Kier alpha value is -2.31. The number of hydrogen-bond acceptors (Lipinski definition) is 3. The summed E-state index contributed by atoms with van der Waals surface area (Å²) in [5.41, 5.74) is 7.40. The third-order valence-electron chi connectivity index (χ3n) is 4.09. The Labute approximate surface area is 170 Å². The largest absolute Gasteiger partial charge is 0.497 e. The first kappa shape index (κ1) is 21.0. The van der Waals surface area contributed by atoms with Crippen LogP contribution in [0, 0.1) is 5.92 Å². The van der Waals surface area contributed by atoms with Gasteiger partial charge in [-0.3, -0.25) is 15.6 Å². The van der Waals surface area contributed by atoms with Crippen LogP contribution in [0.25, 0.3) is 0 Å². The van der Waals surface area contributed by atoms with Crippen molar-refractivity contribution in [1.82, 2.24) is 16.2 Å². The zero-order valence-electron chi connectivity index (χ0n) is 15.6. The molecule has 27 heavy (non-hydrogen) atoms. The molecular weight excluding hydrogens is 382 g/mol. The molecule has 0 spiro atoms. The van der Waals surface area contributed by atoms with Crippen LogP contribution in [-0.2, 0) is 11.3 Å². The van der Waals surface area contributed by atoms with Crippen LogP contribution in [0.5, 0.6) is 5.75 Å². The number of thiocarbonyl (C=S) groups is 1. The van der Waals surface area contributed by atoms with E-state index in [2.05, 4.69) is 16.2 Å². The molecule has 0 bridgehead atoms. The molecule has 0 radical (unpaired) electrons. The summed E-state index contributed by atoms with van der Waals surface area (Å²) >= 11 is 11.2. The lowest BCUT2D eigenvalue weighted by atomic mass is 9.88. The molecule has 0 aliphatic carbocycles. The maximum absolute atomic E-state index is 12.6. The minimum atomic E-state index is -0.306. The van der Waals surface area contributed by atoms with Crippen LogP contribution in [0.1, 0.15) is 30.9 Å². The fourth-order valence-electron chi connectivity index (χ4n) is 2.68. The molecule has 2 aromatic rings. The van der Waals surface area contributed by atoms with Crippen molar-refractivity contribution in [3.8, 4) is 5.75 Å². The number of amides is 1. The number of nitrogens with one attached hydrogen (secondary N) is 3. The van der Waals surface area contributed by atoms with Gasteiger partial charge in [0.1, 0.15) is 5.75 Å². The second-order valence-corrected chi connectivity index (χ2v) is 7.26. The highest BCUT2D eigenvalue weighted by molar-refractivity contribution is 7.80. The maximum atomic E-state index is 12.6. The van der Waals surface area contributed by atoms with E-state index >= 15 is 0 Å². The van der Waals surface area contributed by atoms with Gasteiger partial charge in [0.25, 0.3) is 0 Å². The smallest absolute Gasteiger partial charge is 0.246 e. The van der Waals surface area contributed by atoms with E-state index < -0.39 is 0 Å². The lowest BCUT2D eigenvalue weighted by Gasteiger charge is -2.21. The molecule has 0 fully saturated rings. The highest BCUT2D eigenvalue weighted by atomic mass is 35.5. The summed E-state index contributed by atoms with van der Waals surface area (Å²) in [6, 6.07) is 15.0. The Morgan fingerprint density at radius 2 is 1.70 bits per heavy atom. The summed E-state index contributed by atoms with van der Waals surface area (Å²) in [4.78, 5) is 12.6. The summed E-state index contributed by atoms with van der Waals surface area (Å²) in [5, 5.41) is 4.04. The summed E-state index contributed by atoms with van der Waals surface area (Å²) in [7, 11) is 1.63. The molecule has 2 rings (SSSR count). The average molecular weight is 406 g/mol. The molecule has 0 aliphatic heterocycles. The topological polar surface area (TPSA) is 62.4 Å². The molecule has 0 aromatic heterocycles. The van der Waals surface area contributed by atoms with Crippen molar-refractivity contribution < 1.29 is 9.53 Å². The number of halogens is 1. The van der Waals surface area contributed by atoms with Crippen molar-refractivity contribution in [2.24, 2.45) is 5.92 Å². The van der Waals surface area contributed by atoms with E-state index in [0.29, 0.717) is 16.7 Å². The van der Waals surface area contributed by atoms with Gasteiger partial charge in [0.2, 0.25) is 5.91 Å². The van der Waals surface area contributed by atoms with Crippen LogP contribution in [0.4, 0.5) is 0 Å². The van der Waals surface area contributed by atoms with Crippen LogP contribution in [-0.4, -0.2) is 18.1 Å². The molecule has 0 saturated heterocycles. The van der Waals surface area contributed by atoms with Gasteiger partial charge in [-0.1, -0.05) is 49.7 Å². The Kier molecular flexibility index (Phi) is 7.88. The van der Waals surface area contributed by atoms with Crippen LogP contribution in [0.15, 0.2) is 48.5 Å². The molecule has 1 amide bonds. The number of methoxy groups -OCH3 is 1. The highest BCUT2D eigenvalue weighted by Gasteiger charge is 2.24. The van der Waals surface area contributed by atoms with E-state index in [1.165, 1.54) is 0 Å². The SMILES string of the molecule is COc1ccc(CNC(=S)NNC(=O)[C@H](c2ccc(Cl)cc2)C(C)C)cc1. The first-order valence-corrected chi connectivity index (χ1v) is 9.41. The number of rotatable bonds is 6. The van der Waals surface area contributed by atoms with E-state index in [0.717, 1.165) is 16.9 Å². The number of hydrogen-bond donors (Lipinski definition) is 3. The lowest BCUT2D eigenvalue weighted by Crippen LogP contribution is -2.48. The normalized spacial score (nSPS) is 11.6. The molecule has 7 heteroatoms. The minimum absolute atomic E-state index is 0.119. The van der Waals surface area contributed by atoms with Gasteiger partial charge in [-0.15, -0.1) is 0 Å². The third kappa shape index (κ3) is 6.41. The predicted octanol–water partition coefficient (Wildman–Crippen LogP) is 3.78. The van der Waals surface area contributed by atoms with E-state index in [-0.39, 0.29) is 17.7 Å². The third-order valence-corrected chi connectivity index (χ3v) is 4.59. The standard InChI is InChI=1S/C20H24ClN3O2S/c1-13(2)18(15-6-8-16(21)9-7-15)19(25)23-24-20(27)22-12-14-4-10-17(26-3)11-5-14/h4-11,13,18H,12H2,1-3H3,(H,23,25)(H2,22,24,27)/t18-/m0/s1. The van der Waals surface area contributed by atoms with Crippen molar-refractivity contribution >= 4 is 34.8 Å². The van der Waals surface area contributed by atoms with E-state index in [1.807, 2.05) is 50.2 Å². The second-order valence-electron chi connectivity index (χ2n) is 6.42. The molecule has 0 heterocycles. The Balaban J connectivity index is 1.86. The van der Waals surface area contributed by atoms with Crippen LogP contribution in [0.3, 0.4) is 0 Å². The molecule has 3 N–H and O–H groups in total. The predicted molar refractivity (Wildman–Crippen MR) is 113 cm³/mol. The van der Waals surface area contributed by atoms with Crippen LogP contribution >= 0.6 is 23.8 Å². The van der Waals surface area contributed by atoms with Crippen molar-refractivity contribution in [1.29, 1.82) is 0 Å². The monoisotopic (exact) mass is 405 g/mol. The van der Waals surface area contributed by atoms with Crippen molar-refractivity contribution in [2.45, 2.75) is 26.3 Å². The van der Waals surface area contributed by atoms with Crippen LogP contribution in [0.2, 0.25) is 5.02 Å². The van der Waals surface area contributed by atoms with Gasteiger partial charge < -0.3 is 10.1 Å². The van der Waals surface area contributed by atoms with Gasteiger partial charge in [-0.25, -0.2) is 0 Å².